The third-order valence-electron chi connectivity index (χ3n) is 1.43. The van der Waals surface area contributed by atoms with E-state index in [9.17, 15) is 13.2 Å². The van der Waals surface area contributed by atoms with Crippen molar-refractivity contribution in [2.75, 3.05) is 0 Å². The van der Waals surface area contributed by atoms with Crippen molar-refractivity contribution in [2.45, 2.75) is 19.0 Å². The summed E-state index contributed by atoms with van der Waals surface area (Å²) < 4.78 is 35.9. The Bertz CT molecular complexity index is 320. The second-order valence-corrected chi connectivity index (χ2v) is 2.43. The van der Waals surface area contributed by atoms with Gasteiger partial charge in [0.2, 0.25) is 0 Å². The lowest BCUT2D eigenvalue weighted by Crippen LogP contribution is -2.04. The van der Waals surface area contributed by atoms with Crippen LogP contribution in [0.2, 0.25) is 0 Å². The smallest absolute Gasteiger partial charge is 0.282 e. The van der Waals surface area contributed by atoms with Crippen molar-refractivity contribution in [3.05, 3.63) is 17.5 Å². The maximum Gasteiger partial charge on any atom is 0.435 e. The van der Waals surface area contributed by atoms with E-state index in [2.05, 4.69) is 10.2 Å². The molecule has 0 unspecified atom stereocenters. The monoisotopic (exact) mass is 189 g/mol. The first-order valence-corrected chi connectivity index (χ1v) is 3.52. The molecule has 1 aromatic heterocycles. The number of aryl methyl sites for hydroxylation is 1. The van der Waals surface area contributed by atoms with Crippen molar-refractivity contribution in [1.82, 2.24) is 10.2 Å². The molecule has 70 valence electrons. The van der Waals surface area contributed by atoms with Crippen LogP contribution in [-0.4, -0.2) is 10.2 Å². The Morgan fingerprint density at radius 2 is 2.23 bits per heavy atom. The molecule has 0 bridgehead atoms. The first kappa shape index (κ1) is 9.58. The molecule has 0 aliphatic carbocycles. The summed E-state index contributed by atoms with van der Waals surface area (Å²) in [5.74, 6) is 0. The quantitative estimate of drug-likeness (QED) is 0.772. The second-order valence-electron chi connectivity index (χ2n) is 2.43. The van der Waals surface area contributed by atoms with E-state index in [-0.39, 0.29) is 12.8 Å². The average Bonchev–Trinajstić information content (AvgIpc) is 2.47. The highest BCUT2D eigenvalue weighted by Gasteiger charge is 2.33. The third kappa shape index (κ3) is 2.47. The number of nitrogens with one attached hydrogen (secondary N) is 1. The minimum absolute atomic E-state index is 0.180. The number of hydrogen-bond donors (Lipinski definition) is 1. The number of alkyl halides is 3. The molecule has 0 aromatic carbocycles. The van der Waals surface area contributed by atoms with Crippen LogP contribution in [0.25, 0.3) is 0 Å². The maximum atomic E-state index is 12.0. The van der Waals surface area contributed by atoms with E-state index in [1.807, 2.05) is 6.07 Å². The highest BCUT2D eigenvalue weighted by atomic mass is 19.4. The number of aromatic nitrogens is 2. The van der Waals surface area contributed by atoms with E-state index in [4.69, 9.17) is 5.26 Å². The zero-order valence-electron chi connectivity index (χ0n) is 6.52. The largest absolute Gasteiger partial charge is 0.435 e. The molecule has 0 atom stereocenters. The predicted octanol–water partition coefficient (Wildman–Crippen LogP) is 1.88. The van der Waals surface area contributed by atoms with Crippen molar-refractivity contribution in [2.24, 2.45) is 0 Å². The second kappa shape index (κ2) is 3.47. The molecule has 0 aliphatic heterocycles. The lowest BCUT2D eigenvalue weighted by Gasteiger charge is -1.98. The van der Waals surface area contributed by atoms with Crippen LogP contribution in [0.5, 0.6) is 0 Å². The van der Waals surface area contributed by atoms with E-state index in [0.29, 0.717) is 5.69 Å². The van der Waals surface area contributed by atoms with Crippen LogP contribution in [0, 0.1) is 11.3 Å². The molecule has 1 aromatic rings. The van der Waals surface area contributed by atoms with Gasteiger partial charge in [0.05, 0.1) is 6.07 Å². The van der Waals surface area contributed by atoms with Gasteiger partial charge in [-0.25, -0.2) is 0 Å². The van der Waals surface area contributed by atoms with Gasteiger partial charge in [0.25, 0.3) is 0 Å². The fourth-order valence-corrected chi connectivity index (χ4v) is 0.825. The Balaban J connectivity index is 2.71. The van der Waals surface area contributed by atoms with Gasteiger partial charge in [-0.1, -0.05) is 0 Å². The molecule has 0 radical (unpaired) electrons. The van der Waals surface area contributed by atoms with Gasteiger partial charge < -0.3 is 0 Å². The Kier molecular flexibility index (Phi) is 2.56. The summed E-state index contributed by atoms with van der Waals surface area (Å²) in [6.45, 7) is 0. The highest BCUT2D eigenvalue weighted by molar-refractivity contribution is 5.12. The van der Waals surface area contributed by atoms with Gasteiger partial charge in [-0.2, -0.15) is 23.5 Å². The minimum atomic E-state index is -4.42. The number of nitrogens with zero attached hydrogens (tertiary/aromatic N) is 2. The van der Waals surface area contributed by atoms with Crippen molar-refractivity contribution < 1.29 is 13.2 Å². The zero-order chi connectivity index (χ0) is 9.90. The van der Waals surface area contributed by atoms with Crippen LogP contribution in [0.15, 0.2) is 6.07 Å². The highest BCUT2D eigenvalue weighted by Crippen LogP contribution is 2.27. The topological polar surface area (TPSA) is 52.5 Å². The van der Waals surface area contributed by atoms with Crippen LogP contribution >= 0.6 is 0 Å². The van der Waals surface area contributed by atoms with Gasteiger partial charge in [-0.05, 0) is 6.07 Å². The first-order chi connectivity index (χ1) is 6.04. The van der Waals surface area contributed by atoms with Crippen LogP contribution in [0.1, 0.15) is 17.8 Å². The molecule has 1 rings (SSSR count). The summed E-state index contributed by atoms with van der Waals surface area (Å²) in [7, 11) is 0. The van der Waals surface area contributed by atoms with E-state index < -0.39 is 11.9 Å². The molecule has 1 heterocycles. The van der Waals surface area contributed by atoms with Gasteiger partial charge in [-0.3, -0.25) is 5.10 Å². The van der Waals surface area contributed by atoms with Gasteiger partial charge in [0.15, 0.2) is 5.69 Å². The van der Waals surface area contributed by atoms with Gasteiger partial charge in [0.1, 0.15) is 0 Å². The number of rotatable bonds is 2. The van der Waals surface area contributed by atoms with Crippen molar-refractivity contribution in [3.63, 3.8) is 0 Å². The summed E-state index contributed by atoms with van der Waals surface area (Å²) in [6.07, 6.45) is -3.97. The molecular weight excluding hydrogens is 183 g/mol. The molecule has 0 saturated carbocycles. The number of halogens is 3. The molecule has 0 saturated heterocycles. The maximum absolute atomic E-state index is 12.0. The third-order valence-corrected chi connectivity index (χ3v) is 1.43. The minimum Gasteiger partial charge on any atom is -0.282 e. The lowest BCUT2D eigenvalue weighted by molar-refractivity contribution is -0.141. The Labute approximate surface area is 72.2 Å². The molecule has 6 heteroatoms. The summed E-state index contributed by atoms with van der Waals surface area (Å²) in [4.78, 5) is 0. The Morgan fingerprint density at radius 3 is 2.69 bits per heavy atom. The Morgan fingerprint density at radius 1 is 1.54 bits per heavy atom. The van der Waals surface area contributed by atoms with Gasteiger partial charge >= 0.3 is 6.18 Å². The summed E-state index contributed by atoms with van der Waals surface area (Å²) >= 11 is 0. The predicted molar refractivity (Wildman–Crippen MR) is 37.5 cm³/mol. The van der Waals surface area contributed by atoms with E-state index in [1.165, 1.54) is 0 Å². The van der Waals surface area contributed by atoms with Gasteiger partial charge in [0, 0.05) is 18.5 Å². The van der Waals surface area contributed by atoms with Crippen LogP contribution in [-0.2, 0) is 12.6 Å². The fraction of sp³-hybridized carbons (Fsp3) is 0.429. The van der Waals surface area contributed by atoms with Crippen LogP contribution < -0.4 is 0 Å². The SMILES string of the molecule is N#CCCc1cc(C(F)(F)F)n[nH]1. The van der Waals surface area contributed by atoms with E-state index in [1.54, 1.807) is 0 Å². The van der Waals surface area contributed by atoms with E-state index in [0.717, 1.165) is 6.07 Å². The Hall–Kier alpha value is -1.51. The standard InChI is InChI=1S/C7H6F3N3/c8-7(9,10)6-4-5(12-13-6)2-1-3-11/h4H,1-2H2,(H,12,13). The fourth-order valence-electron chi connectivity index (χ4n) is 0.825. The normalized spacial score (nSPS) is 11.2. The molecule has 0 aliphatic rings. The first-order valence-electron chi connectivity index (χ1n) is 3.52. The van der Waals surface area contributed by atoms with Crippen molar-refractivity contribution in [1.29, 1.82) is 5.26 Å². The molecule has 3 nitrogen and oxygen atoms in total. The molecule has 0 spiro atoms. The molecule has 0 amide bonds. The van der Waals surface area contributed by atoms with Crippen molar-refractivity contribution in [3.8, 4) is 6.07 Å². The lowest BCUT2D eigenvalue weighted by atomic mass is 10.2. The molecule has 1 N–H and O–H groups in total. The number of H-pyrrole nitrogens is 1. The number of hydrogen-bond acceptors (Lipinski definition) is 2. The zero-order valence-corrected chi connectivity index (χ0v) is 6.52. The number of aromatic amines is 1. The molecular formula is C7H6F3N3. The van der Waals surface area contributed by atoms with E-state index >= 15 is 0 Å². The average molecular weight is 189 g/mol. The van der Waals surface area contributed by atoms with Crippen LogP contribution in [0.4, 0.5) is 13.2 Å². The molecule has 0 fully saturated rings. The summed E-state index contributed by atoms with van der Waals surface area (Å²) in [5, 5.41) is 13.5. The molecule has 13 heavy (non-hydrogen) atoms. The summed E-state index contributed by atoms with van der Waals surface area (Å²) in [6, 6.07) is 2.75. The van der Waals surface area contributed by atoms with Crippen LogP contribution in [0.3, 0.4) is 0 Å². The number of nitriles is 1. The summed E-state index contributed by atoms with van der Waals surface area (Å²) in [5.41, 5.74) is -0.616. The van der Waals surface area contributed by atoms with Crippen molar-refractivity contribution >= 4 is 0 Å². The van der Waals surface area contributed by atoms with Gasteiger partial charge in [-0.15, -0.1) is 0 Å².